The lowest BCUT2D eigenvalue weighted by atomic mass is 10.1. The number of rotatable bonds is 5. The Hall–Kier alpha value is -2.20. The van der Waals surface area contributed by atoms with E-state index in [0.717, 1.165) is 5.56 Å². The number of carbonyl (C=O) groups excluding carboxylic acids is 1. The van der Waals surface area contributed by atoms with E-state index >= 15 is 0 Å². The van der Waals surface area contributed by atoms with Gasteiger partial charge in [0.25, 0.3) is 0 Å². The van der Waals surface area contributed by atoms with Crippen LogP contribution in [0.4, 0.5) is 4.39 Å². The normalized spacial score (nSPS) is 10.2. The topological polar surface area (TPSA) is 46.5 Å². The first-order valence-electron chi connectivity index (χ1n) is 5.79. The highest BCUT2D eigenvalue weighted by molar-refractivity contribution is 5.79. The Balaban J connectivity index is 2.10. The summed E-state index contributed by atoms with van der Waals surface area (Å²) < 4.78 is 18.3. The Morgan fingerprint density at radius 2 is 1.79 bits per heavy atom. The second-order valence-corrected chi connectivity index (χ2v) is 4.06. The number of aliphatic hydroxyl groups is 1. The van der Waals surface area contributed by atoms with E-state index in [-0.39, 0.29) is 19.0 Å². The maximum atomic E-state index is 12.7. The second-order valence-electron chi connectivity index (χ2n) is 4.06. The summed E-state index contributed by atoms with van der Waals surface area (Å²) in [5, 5.41) is 8.99. The van der Waals surface area contributed by atoms with E-state index in [1.165, 1.54) is 12.1 Å². The monoisotopic (exact) mass is 260 g/mol. The van der Waals surface area contributed by atoms with Crippen LogP contribution in [0.5, 0.6) is 5.75 Å². The largest absolute Gasteiger partial charge is 0.488 e. The first-order valence-corrected chi connectivity index (χ1v) is 5.79. The summed E-state index contributed by atoms with van der Waals surface area (Å²) in [5.41, 5.74) is 1.84. The van der Waals surface area contributed by atoms with Crippen molar-refractivity contribution >= 4 is 6.29 Å². The summed E-state index contributed by atoms with van der Waals surface area (Å²) in [6.07, 6.45) is 0.680. The van der Waals surface area contributed by atoms with Crippen LogP contribution in [-0.2, 0) is 13.2 Å². The van der Waals surface area contributed by atoms with E-state index in [2.05, 4.69) is 0 Å². The summed E-state index contributed by atoms with van der Waals surface area (Å²) in [4.78, 5) is 10.9. The minimum atomic E-state index is -0.301. The zero-order chi connectivity index (χ0) is 13.7. The van der Waals surface area contributed by atoms with Crippen molar-refractivity contribution in [1.82, 2.24) is 0 Å². The number of aldehydes is 1. The molecule has 0 aliphatic heterocycles. The predicted octanol–water partition coefficient (Wildman–Crippen LogP) is 2.71. The van der Waals surface area contributed by atoms with Gasteiger partial charge >= 0.3 is 0 Å². The molecule has 2 aromatic carbocycles. The molecule has 19 heavy (non-hydrogen) atoms. The molecule has 0 radical (unpaired) electrons. The molecule has 0 bridgehead atoms. The van der Waals surface area contributed by atoms with Crippen molar-refractivity contribution in [2.24, 2.45) is 0 Å². The molecule has 0 amide bonds. The molecule has 0 unspecified atom stereocenters. The number of halogens is 1. The van der Waals surface area contributed by atoms with Crippen LogP contribution >= 0.6 is 0 Å². The Morgan fingerprint density at radius 3 is 2.42 bits per heavy atom. The fraction of sp³-hybridized carbons (Fsp3) is 0.133. The molecule has 0 atom stereocenters. The fourth-order valence-corrected chi connectivity index (χ4v) is 1.66. The average Bonchev–Trinajstić information content (AvgIpc) is 2.46. The molecule has 0 saturated carbocycles. The zero-order valence-corrected chi connectivity index (χ0v) is 10.2. The Morgan fingerprint density at radius 1 is 1.11 bits per heavy atom. The van der Waals surface area contributed by atoms with Gasteiger partial charge in [-0.3, -0.25) is 4.79 Å². The van der Waals surface area contributed by atoms with Crippen molar-refractivity contribution in [1.29, 1.82) is 0 Å². The van der Waals surface area contributed by atoms with Crippen LogP contribution in [0.3, 0.4) is 0 Å². The van der Waals surface area contributed by atoms with E-state index < -0.39 is 0 Å². The Kier molecular flexibility index (Phi) is 4.26. The van der Waals surface area contributed by atoms with Crippen molar-refractivity contribution in [3.8, 4) is 5.75 Å². The van der Waals surface area contributed by atoms with Gasteiger partial charge < -0.3 is 9.84 Å². The van der Waals surface area contributed by atoms with Gasteiger partial charge in [-0.25, -0.2) is 4.39 Å². The highest BCUT2D eigenvalue weighted by Crippen LogP contribution is 2.20. The van der Waals surface area contributed by atoms with Gasteiger partial charge in [0.1, 0.15) is 18.2 Å². The van der Waals surface area contributed by atoms with Crippen LogP contribution in [0.25, 0.3) is 0 Å². The van der Waals surface area contributed by atoms with Crippen LogP contribution < -0.4 is 4.74 Å². The van der Waals surface area contributed by atoms with Gasteiger partial charge in [-0.1, -0.05) is 18.2 Å². The van der Waals surface area contributed by atoms with Crippen molar-refractivity contribution in [2.75, 3.05) is 0 Å². The maximum absolute atomic E-state index is 12.7. The van der Waals surface area contributed by atoms with Crippen LogP contribution in [0.1, 0.15) is 21.5 Å². The quantitative estimate of drug-likeness (QED) is 0.841. The lowest BCUT2D eigenvalue weighted by Gasteiger charge is -2.09. The molecular weight excluding hydrogens is 247 g/mol. The fourth-order valence-electron chi connectivity index (χ4n) is 1.66. The number of hydrogen-bond donors (Lipinski definition) is 1. The van der Waals surface area contributed by atoms with Crippen LogP contribution in [-0.4, -0.2) is 11.4 Å². The number of carbonyl (C=O) groups is 1. The van der Waals surface area contributed by atoms with E-state index in [1.54, 1.807) is 30.3 Å². The second kappa shape index (κ2) is 6.11. The molecule has 4 heteroatoms. The summed E-state index contributed by atoms with van der Waals surface area (Å²) in [6, 6.07) is 10.9. The number of ether oxygens (including phenoxy) is 1. The number of benzene rings is 2. The number of hydrogen-bond acceptors (Lipinski definition) is 3. The van der Waals surface area contributed by atoms with Crippen LogP contribution in [0, 0.1) is 5.82 Å². The molecule has 0 aliphatic carbocycles. The lowest BCUT2D eigenvalue weighted by molar-refractivity contribution is 0.111. The Labute approximate surface area is 110 Å². The van der Waals surface area contributed by atoms with Gasteiger partial charge in [0.15, 0.2) is 6.29 Å². The molecule has 0 aliphatic rings. The van der Waals surface area contributed by atoms with Crippen molar-refractivity contribution in [2.45, 2.75) is 13.2 Å². The molecule has 1 N–H and O–H groups in total. The van der Waals surface area contributed by atoms with Gasteiger partial charge in [-0.2, -0.15) is 0 Å². The zero-order valence-electron chi connectivity index (χ0n) is 10.2. The van der Waals surface area contributed by atoms with E-state index in [0.29, 0.717) is 23.2 Å². The van der Waals surface area contributed by atoms with Gasteiger partial charge in [0.05, 0.1) is 12.2 Å². The molecule has 98 valence electrons. The summed E-state index contributed by atoms with van der Waals surface area (Å²) >= 11 is 0. The minimum Gasteiger partial charge on any atom is -0.488 e. The number of aliphatic hydroxyl groups excluding tert-OH is 1. The average molecular weight is 260 g/mol. The summed E-state index contributed by atoms with van der Waals surface area (Å²) in [5.74, 6) is 0.140. The molecule has 0 saturated heterocycles. The smallest absolute Gasteiger partial charge is 0.153 e. The highest BCUT2D eigenvalue weighted by atomic mass is 19.1. The van der Waals surface area contributed by atoms with E-state index in [4.69, 9.17) is 9.84 Å². The molecule has 2 aromatic rings. The first kappa shape index (κ1) is 13.2. The van der Waals surface area contributed by atoms with Crippen molar-refractivity contribution < 1.29 is 19.0 Å². The SMILES string of the molecule is O=Cc1cc(CO)ccc1OCc1ccc(F)cc1. The van der Waals surface area contributed by atoms with E-state index in [1.807, 2.05) is 0 Å². The Bertz CT molecular complexity index is 564. The first-order chi connectivity index (χ1) is 9.22. The third kappa shape index (κ3) is 3.39. The maximum Gasteiger partial charge on any atom is 0.153 e. The lowest BCUT2D eigenvalue weighted by Crippen LogP contribution is -1.99. The third-order valence-electron chi connectivity index (χ3n) is 2.69. The van der Waals surface area contributed by atoms with Crippen molar-refractivity contribution in [3.63, 3.8) is 0 Å². The van der Waals surface area contributed by atoms with E-state index in [9.17, 15) is 9.18 Å². The van der Waals surface area contributed by atoms with Crippen LogP contribution in [0.15, 0.2) is 42.5 Å². The molecule has 0 fully saturated rings. The molecule has 2 rings (SSSR count). The molecule has 3 nitrogen and oxygen atoms in total. The van der Waals surface area contributed by atoms with Crippen molar-refractivity contribution in [3.05, 3.63) is 65.0 Å². The van der Waals surface area contributed by atoms with Gasteiger partial charge in [0.2, 0.25) is 0 Å². The van der Waals surface area contributed by atoms with Gasteiger partial charge in [-0.15, -0.1) is 0 Å². The molecule has 0 aromatic heterocycles. The molecule has 0 spiro atoms. The van der Waals surface area contributed by atoms with Crippen LogP contribution in [0.2, 0.25) is 0 Å². The van der Waals surface area contributed by atoms with Gasteiger partial charge in [0, 0.05) is 0 Å². The molecular formula is C15H13FO3. The highest BCUT2D eigenvalue weighted by Gasteiger charge is 2.05. The minimum absolute atomic E-state index is 0.126. The standard InChI is InChI=1S/C15H13FO3/c16-14-4-1-11(2-5-14)10-19-15-6-3-12(8-17)7-13(15)9-18/h1-7,9,17H,8,10H2. The predicted molar refractivity (Wildman–Crippen MR) is 68.5 cm³/mol. The summed E-state index contributed by atoms with van der Waals surface area (Å²) in [6.45, 7) is 0.124. The van der Waals surface area contributed by atoms with Gasteiger partial charge in [-0.05, 0) is 35.4 Å². The molecule has 0 heterocycles. The third-order valence-corrected chi connectivity index (χ3v) is 2.69. The summed E-state index contributed by atoms with van der Waals surface area (Å²) in [7, 11) is 0.